The Morgan fingerprint density at radius 1 is 1.30 bits per heavy atom. The van der Waals surface area contributed by atoms with Gasteiger partial charge in [0, 0.05) is 46.0 Å². The normalized spacial score (nSPS) is 16.4. The van der Waals surface area contributed by atoms with Crippen LogP contribution in [0, 0.1) is 12.8 Å². The minimum Gasteiger partial charge on any atom is -0.351 e. The lowest BCUT2D eigenvalue weighted by molar-refractivity contribution is 0.164. The van der Waals surface area contributed by atoms with E-state index in [0.717, 1.165) is 50.3 Å². The molecule has 0 bridgehead atoms. The number of aliphatic imine (C=N–C) groups is 1. The van der Waals surface area contributed by atoms with Crippen molar-refractivity contribution >= 4 is 29.9 Å². The highest BCUT2D eigenvalue weighted by atomic mass is 127. The molecule has 1 aromatic rings. The van der Waals surface area contributed by atoms with Gasteiger partial charge < -0.3 is 10.2 Å². The van der Waals surface area contributed by atoms with Gasteiger partial charge in [-0.1, -0.05) is 19.9 Å². The van der Waals surface area contributed by atoms with Gasteiger partial charge in [0.25, 0.3) is 0 Å². The SMILES string of the molecule is CN=C(NCc1ncccc1C)N1CCN(CC(C)C)CC1.I. The maximum Gasteiger partial charge on any atom is 0.194 e. The molecule has 2 heterocycles. The smallest absolute Gasteiger partial charge is 0.194 e. The first-order chi connectivity index (χ1) is 10.6. The lowest BCUT2D eigenvalue weighted by Gasteiger charge is -2.37. The Kier molecular flexibility index (Phi) is 8.83. The standard InChI is InChI=1S/C17H29N5.HI/c1-14(2)13-21-8-10-22(11-9-21)17(18-4)20-12-16-15(3)6-5-7-19-16;/h5-7,14H,8-13H2,1-4H3,(H,18,20);1H. The number of pyridine rings is 1. The second-order valence-electron chi connectivity index (χ2n) is 6.35. The van der Waals surface area contributed by atoms with Crippen molar-refractivity contribution in [3.05, 3.63) is 29.6 Å². The van der Waals surface area contributed by atoms with Crippen LogP contribution in [-0.2, 0) is 6.54 Å². The Bertz CT molecular complexity index is 496. The molecular weight excluding hydrogens is 401 g/mol. The van der Waals surface area contributed by atoms with Gasteiger partial charge in [-0.15, -0.1) is 24.0 Å². The predicted molar refractivity (Wildman–Crippen MR) is 107 cm³/mol. The van der Waals surface area contributed by atoms with Crippen LogP contribution in [0.15, 0.2) is 23.3 Å². The van der Waals surface area contributed by atoms with E-state index in [4.69, 9.17) is 0 Å². The third-order valence-corrected chi connectivity index (χ3v) is 4.04. The Labute approximate surface area is 157 Å². The average Bonchev–Trinajstić information content (AvgIpc) is 2.50. The van der Waals surface area contributed by atoms with Crippen molar-refractivity contribution in [3.63, 3.8) is 0 Å². The molecule has 0 spiro atoms. The molecule has 1 aliphatic rings. The minimum atomic E-state index is 0. The first-order valence-electron chi connectivity index (χ1n) is 8.18. The maximum absolute atomic E-state index is 4.43. The highest BCUT2D eigenvalue weighted by Crippen LogP contribution is 2.07. The molecule has 5 nitrogen and oxygen atoms in total. The van der Waals surface area contributed by atoms with Crippen LogP contribution < -0.4 is 5.32 Å². The monoisotopic (exact) mass is 431 g/mol. The van der Waals surface area contributed by atoms with Crippen molar-refractivity contribution in [2.75, 3.05) is 39.8 Å². The van der Waals surface area contributed by atoms with Gasteiger partial charge in [-0.2, -0.15) is 0 Å². The van der Waals surface area contributed by atoms with Gasteiger partial charge in [-0.25, -0.2) is 0 Å². The summed E-state index contributed by atoms with van der Waals surface area (Å²) in [5.41, 5.74) is 2.30. The number of nitrogens with one attached hydrogen (secondary N) is 1. The zero-order chi connectivity index (χ0) is 15.9. The van der Waals surface area contributed by atoms with Crippen LogP contribution in [0.5, 0.6) is 0 Å². The molecule has 1 fully saturated rings. The van der Waals surface area contributed by atoms with Gasteiger partial charge in [0.05, 0.1) is 12.2 Å². The Morgan fingerprint density at radius 3 is 2.57 bits per heavy atom. The van der Waals surface area contributed by atoms with Crippen molar-refractivity contribution < 1.29 is 0 Å². The molecule has 6 heteroatoms. The largest absolute Gasteiger partial charge is 0.351 e. The molecule has 0 radical (unpaired) electrons. The molecule has 1 N–H and O–H groups in total. The van der Waals surface area contributed by atoms with E-state index in [9.17, 15) is 0 Å². The van der Waals surface area contributed by atoms with Gasteiger partial charge >= 0.3 is 0 Å². The van der Waals surface area contributed by atoms with Crippen molar-refractivity contribution in [2.24, 2.45) is 10.9 Å². The van der Waals surface area contributed by atoms with E-state index in [2.05, 4.69) is 51.9 Å². The third-order valence-electron chi connectivity index (χ3n) is 4.04. The van der Waals surface area contributed by atoms with Gasteiger partial charge in [0.15, 0.2) is 5.96 Å². The molecule has 0 aliphatic carbocycles. The minimum absolute atomic E-state index is 0. The van der Waals surface area contributed by atoms with E-state index in [0.29, 0.717) is 0 Å². The lowest BCUT2D eigenvalue weighted by Crippen LogP contribution is -2.52. The molecule has 0 saturated carbocycles. The Hall–Kier alpha value is -0.890. The van der Waals surface area contributed by atoms with Crippen LogP contribution >= 0.6 is 24.0 Å². The number of hydrogen-bond donors (Lipinski definition) is 1. The molecule has 1 aliphatic heterocycles. The van der Waals surface area contributed by atoms with E-state index in [-0.39, 0.29) is 24.0 Å². The molecule has 0 atom stereocenters. The van der Waals surface area contributed by atoms with Crippen molar-refractivity contribution in [1.29, 1.82) is 0 Å². The number of aryl methyl sites for hydroxylation is 1. The second kappa shape index (κ2) is 10.1. The second-order valence-corrected chi connectivity index (χ2v) is 6.35. The van der Waals surface area contributed by atoms with Crippen LogP contribution in [0.2, 0.25) is 0 Å². The van der Waals surface area contributed by atoms with Crippen LogP contribution in [-0.4, -0.2) is 60.5 Å². The van der Waals surface area contributed by atoms with Crippen molar-refractivity contribution in [1.82, 2.24) is 20.1 Å². The summed E-state index contributed by atoms with van der Waals surface area (Å²) in [5.74, 6) is 1.71. The number of piperazine rings is 1. The first kappa shape index (κ1) is 20.2. The molecule has 1 aromatic heterocycles. The molecular formula is C17H30IN5. The van der Waals surface area contributed by atoms with E-state index in [1.165, 1.54) is 12.1 Å². The topological polar surface area (TPSA) is 43.8 Å². The average molecular weight is 431 g/mol. The van der Waals surface area contributed by atoms with Gasteiger partial charge in [0.1, 0.15) is 0 Å². The summed E-state index contributed by atoms with van der Waals surface area (Å²) < 4.78 is 0. The molecule has 0 unspecified atom stereocenters. The van der Waals surface area contributed by atoms with Crippen LogP contribution in [0.25, 0.3) is 0 Å². The fourth-order valence-electron chi connectivity index (χ4n) is 2.86. The number of guanidine groups is 1. The van der Waals surface area contributed by atoms with Crippen LogP contribution in [0.3, 0.4) is 0 Å². The van der Waals surface area contributed by atoms with E-state index in [1.54, 1.807) is 0 Å². The van der Waals surface area contributed by atoms with Crippen LogP contribution in [0.4, 0.5) is 0 Å². The zero-order valence-corrected chi connectivity index (χ0v) is 17.1. The fourth-order valence-corrected chi connectivity index (χ4v) is 2.86. The van der Waals surface area contributed by atoms with Gasteiger partial charge in [-0.3, -0.25) is 14.9 Å². The zero-order valence-electron chi connectivity index (χ0n) is 14.7. The Balaban J connectivity index is 0.00000264. The number of rotatable bonds is 4. The molecule has 130 valence electrons. The summed E-state index contributed by atoms with van der Waals surface area (Å²) in [7, 11) is 1.86. The number of aromatic nitrogens is 1. The number of nitrogens with zero attached hydrogens (tertiary/aromatic N) is 4. The summed E-state index contributed by atoms with van der Waals surface area (Å²) in [4.78, 5) is 13.7. The van der Waals surface area contributed by atoms with Gasteiger partial charge in [0.2, 0.25) is 0 Å². The van der Waals surface area contributed by atoms with E-state index in [1.807, 2.05) is 19.3 Å². The molecule has 2 rings (SSSR count). The molecule has 0 aromatic carbocycles. The summed E-state index contributed by atoms with van der Waals surface area (Å²) >= 11 is 0. The van der Waals surface area contributed by atoms with Gasteiger partial charge in [-0.05, 0) is 24.5 Å². The quantitative estimate of drug-likeness (QED) is 0.452. The van der Waals surface area contributed by atoms with Crippen molar-refractivity contribution in [2.45, 2.75) is 27.3 Å². The fraction of sp³-hybridized carbons (Fsp3) is 0.647. The summed E-state index contributed by atoms with van der Waals surface area (Å²) in [6.07, 6.45) is 1.84. The lowest BCUT2D eigenvalue weighted by atomic mass is 10.2. The first-order valence-corrected chi connectivity index (χ1v) is 8.18. The summed E-state index contributed by atoms with van der Waals surface area (Å²) in [6, 6.07) is 4.07. The summed E-state index contributed by atoms with van der Waals surface area (Å²) in [5, 5.41) is 3.45. The van der Waals surface area contributed by atoms with E-state index < -0.39 is 0 Å². The molecule has 1 saturated heterocycles. The van der Waals surface area contributed by atoms with Crippen LogP contribution in [0.1, 0.15) is 25.1 Å². The van der Waals surface area contributed by atoms with E-state index >= 15 is 0 Å². The highest BCUT2D eigenvalue weighted by Gasteiger charge is 2.19. The predicted octanol–water partition coefficient (Wildman–Crippen LogP) is 2.36. The highest BCUT2D eigenvalue weighted by molar-refractivity contribution is 14.0. The molecule has 23 heavy (non-hydrogen) atoms. The molecule has 0 amide bonds. The number of halogens is 1. The van der Waals surface area contributed by atoms with Crippen molar-refractivity contribution in [3.8, 4) is 0 Å². The Morgan fingerprint density at radius 2 is 2.00 bits per heavy atom. The maximum atomic E-state index is 4.43. The number of hydrogen-bond acceptors (Lipinski definition) is 3. The third kappa shape index (κ3) is 6.25. The summed E-state index contributed by atoms with van der Waals surface area (Å²) in [6.45, 7) is 12.9.